The quantitative estimate of drug-likeness (QED) is 0.657. The minimum absolute atomic E-state index is 0.495. The zero-order valence-corrected chi connectivity index (χ0v) is 9.67. The Morgan fingerprint density at radius 2 is 2.13 bits per heavy atom. The maximum Gasteiger partial charge on any atom is 0.134 e. The maximum atomic E-state index is 11.5. The molecule has 0 bridgehead atoms. The Kier molecular flexibility index (Phi) is 2.17. The van der Waals surface area contributed by atoms with Crippen molar-refractivity contribution in [2.45, 2.75) is 51.5 Å². The monoisotopic (exact) mass is 207 g/mol. The number of Topliss-reactive ketones (excluding diaryl/α,β-unsaturated/α-hetero) is 1. The molecule has 84 valence electrons. The average Bonchev–Trinajstić information content (AvgIpc) is 2.82. The van der Waals surface area contributed by atoms with E-state index in [4.69, 9.17) is 0 Å². The number of hydrogen-bond donors (Lipinski definition) is 0. The number of carbonyl (C=O) groups is 1. The number of likely N-dealkylation sites (tertiary alicyclic amines) is 1. The molecule has 0 N–H and O–H groups in total. The van der Waals surface area contributed by atoms with Crippen LogP contribution in [-0.2, 0) is 4.79 Å². The molecular weight excluding hydrogens is 186 g/mol. The lowest BCUT2D eigenvalue weighted by Gasteiger charge is -2.35. The summed E-state index contributed by atoms with van der Waals surface area (Å²) >= 11 is 0. The highest BCUT2D eigenvalue weighted by molar-refractivity contribution is 5.79. The molecule has 3 aliphatic rings. The second-order valence-corrected chi connectivity index (χ2v) is 6.05. The largest absolute Gasteiger partial charge is 0.300 e. The summed E-state index contributed by atoms with van der Waals surface area (Å²) in [6.07, 6.45) is 7.06. The lowest BCUT2D eigenvalue weighted by atomic mass is 9.84. The third-order valence-electron chi connectivity index (χ3n) is 4.87. The van der Waals surface area contributed by atoms with Gasteiger partial charge in [-0.1, -0.05) is 6.92 Å². The van der Waals surface area contributed by atoms with Crippen molar-refractivity contribution in [2.24, 2.45) is 11.3 Å². The van der Waals surface area contributed by atoms with Crippen molar-refractivity contribution >= 4 is 5.78 Å². The van der Waals surface area contributed by atoms with E-state index in [1.54, 1.807) is 0 Å². The van der Waals surface area contributed by atoms with E-state index in [0.717, 1.165) is 25.2 Å². The molecule has 2 unspecified atom stereocenters. The highest BCUT2D eigenvalue weighted by atomic mass is 16.1. The van der Waals surface area contributed by atoms with Crippen LogP contribution in [0.25, 0.3) is 0 Å². The molecule has 0 aromatic heterocycles. The van der Waals surface area contributed by atoms with Crippen molar-refractivity contribution in [3.05, 3.63) is 0 Å². The van der Waals surface area contributed by atoms with Crippen LogP contribution >= 0.6 is 0 Å². The van der Waals surface area contributed by atoms with Crippen LogP contribution in [0.4, 0.5) is 0 Å². The summed E-state index contributed by atoms with van der Waals surface area (Å²) in [6.45, 7) is 4.87. The van der Waals surface area contributed by atoms with Gasteiger partial charge in [-0.25, -0.2) is 0 Å². The molecule has 3 rings (SSSR count). The Bertz CT molecular complexity index is 282. The Labute approximate surface area is 92.0 Å². The molecule has 15 heavy (non-hydrogen) atoms. The molecule has 1 heterocycles. The van der Waals surface area contributed by atoms with E-state index < -0.39 is 0 Å². The smallest absolute Gasteiger partial charge is 0.134 e. The standard InChI is InChI=1S/C13H21NO/c1-10-2-3-11(15)8-12(10)14-7-6-13(9-14)4-5-13/h10,12H,2-9H2,1H3. The van der Waals surface area contributed by atoms with Crippen LogP contribution in [0.1, 0.15) is 45.4 Å². The molecular formula is C13H21NO. The Balaban J connectivity index is 1.67. The zero-order chi connectivity index (χ0) is 10.5. The summed E-state index contributed by atoms with van der Waals surface area (Å²) < 4.78 is 0. The van der Waals surface area contributed by atoms with Gasteiger partial charge in [-0.3, -0.25) is 9.69 Å². The first-order valence-electron chi connectivity index (χ1n) is 6.44. The average molecular weight is 207 g/mol. The van der Waals surface area contributed by atoms with Gasteiger partial charge in [0.15, 0.2) is 0 Å². The van der Waals surface area contributed by atoms with Crippen molar-refractivity contribution in [1.29, 1.82) is 0 Å². The lowest BCUT2D eigenvalue weighted by Crippen LogP contribution is -2.42. The normalized spacial score (nSPS) is 39.9. The molecule has 1 aliphatic heterocycles. The zero-order valence-electron chi connectivity index (χ0n) is 9.67. The van der Waals surface area contributed by atoms with E-state index in [1.807, 2.05) is 0 Å². The van der Waals surface area contributed by atoms with Gasteiger partial charge in [0.25, 0.3) is 0 Å². The molecule has 2 saturated carbocycles. The fourth-order valence-electron chi connectivity index (χ4n) is 3.44. The predicted octanol–water partition coefficient (Wildman–Crippen LogP) is 2.23. The van der Waals surface area contributed by atoms with Gasteiger partial charge in [-0.15, -0.1) is 0 Å². The molecule has 1 spiro atoms. The minimum atomic E-state index is 0.495. The highest BCUT2D eigenvalue weighted by Gasteiger charge is 2.49. The van der Waals surface area contributed by atoms with E-state index >= 15 is 0 Å². The van der Waals surface area contributed by atoms with Crippen LogP contribution in [0.2, 0.25) is 0 Å². The lowest BCUT2D eigenvalue weighted by molar-refractivity contribution is -0.123. The first kappa shape index (κ1) is 9.83. The fourth-order valence-corrected chi connectivity index (χ4v) is 3.44. The number of ketones is 1. The molecule has 0 aromatic rings. The topological polar surface area (TPSA) is 20.3 Å². The molecule has 2 nitrogen and oxygen atoms in total. The fraction of sp³-hybridized carbons (Fsp3) is 0.923. The molecule has 0 radical (unpaired) electrons. The third-order valence-corrected chi connectivity index (χ3v) is 4.87. The van der Waals surface area contributed by atoms with Gasteiger partial charge < -0.3 is 0 Å². The van der Waals surface area contributed by atoms with E-state index in [9.17, 15) is 4.79 Å². The number of nitrogens with zero attached hydrogens (tertiary/aromatic N) is 1. The van der Waals surface area contributed by atoms with Gasteiger partial charge in [-0.2, -0.15) is 0 Å². The van der Waals surface area contributed by atoms with E-state index in [0.29, 0.717) is 17.2 Å². The van der Waals surface area contributed by atoms with Crippen LogP contribution in [0, 0.1) is 11.3 Å². The molecule has 2 aliphatic carbocycles. The maximum absolute atomic E-state index is 11.5. The van der Waals surface area contributed by atoms with Gasteiger partial charge >= 0.3 is 0 Å². The molecule has 0 aromatic carbocycles. The predicted molar refractivity (Wildman–Crippen MR) is 59.7 cm³/mol. The van der Waals surface area contributed by atoms with Gasteiger partial charge in [0, 0.05) is 25.4 Å². The summed E-state index contributed by atoms with van der Waals surface area (Å²) in [5.41, 5.74) is 0.709. The number of carbonyl (C=O) groups excluding carboxylic acids is 1. The van der Waals surface area contributed by atoms with Gasteiger partial charge in [0.05, 0.1) is 0 Å². The Hall–Kier alpha value is -0.370. The van der Waals surface area contributed by atoms with Gasteiger partial charge in [0.2, 0.25) is 0 Å². The molecule has 3 fully saturated rings. The molecule has 2 atom stereocenters. The first-order chi connectivity index (χ1) is 7.19. The minimum Gasteiger partial charge on any atom is -0.300 e. The SMILES string of the molecule is CC1CCC(=O)CC1N1CCC2(CC2)C1. The third kappa shape index (κ3) is 1.73. The Morgan fingerprint density at radius 3 is 2.80 bits per heavy atom. The van der Waals surface area contributed by atoms with Crippen molar-refractivity contribution in [1.82, 2.24) is 4.90 Å². The summed E-state index contributed by atoms with van der Waals surface area (Å²) in [5.74, 6) is 1.23. The van der Waals surface area contributed by atoms with Crippen molar-refractivity contribution in [3.8, 4) is 0 Å². The summed E-state index contributed by atoms with van der Waals surface area (Å²) in [5, 5.41) is 0. The van der Waals surface area contributed by atoms with Crippen molar-refractivity contribution in [3.63, 3.8) is 0 Å². The van der Waals surface area contributed by atoms with Crippen LogP contribution < -0.4 is 0 Å². The van der Waals surface area contributed by atoms with Gasteiger partial charge in [0.1, 0.15) is 5.78 Å². The van der Waals surface area contributed by atoms with Crippen LogP contribution in [-0.4, -0.2) is 29.8 Å². The van der Waals surface area contributed by atoms with E-state index in [1.165, 1.54) is 32.4 Å². The second kappa shape index (κ2) is 3.31. The highest BCUT2D eigenvalue weighted by Crippen LogP contribution is 2.53. The van der Waals surface area contributed by atoms with E-state index in [-0.39, 0.29) is 0 Å². The molecule has 2 heteroatoms. The summed E-state index contributed by atoms with van der Waals surface area (Å²) in [4.78, 5) is 14.1. The second-order valence-electron chi connectivity index (χ2n) is 6.05. The Morgan fingerprint density at radius 1 is 1.33 bits per heavy atom. The molecule has 0 amide bonds. The van der Waals surface area contributed by atoms with E-state index in [2.05, 4.69) is 11.8 Å². The van der Waals surface area contributed by atoms with Crippen LogP contribution in [0.15, 0.2) is 0 Å². The summed E-state index contributed by atoms with van der Waals surface area (Å²) in [6, 6.07) is 0.575. The summed E-state index contributed by atoms with van der Waals surface area (Å²) in [7, 11) is 0. The van der Waals surface area contributed by atoms with Crippen molar-refractivity contribution in [2.75, 3.05) is 13.1 Å². The van der Waals surface area contributed by atoms with Crippen LogP contribution in [0.3, 0.4) is 0 Å². The number of hydrogen-bond acceptors (Lipinski definition) is 2. The first-order valence-corrected chi connectivity index (χ1v) is 6.44. The number of rotatable bonds is 1. The molecule has 1 saturated heterocycles. The van der Waals surface area contributed by atoms with Crippen molar-refractivity contribution < 1.29 is 4.79 Å². The van der Waals surface area contributed by atoms with Gasteiger partial charge in [-0.05, 0) is 43.6 Å². The van der Waals surface area contributed by atoms with Crippen LogP contribution in [0.5, 0.6) is 0 Å².